The number of ether oxygens (including phenoxy) is 2. The molecule has 0 aliphatic rings. The first-order valence-electron chi connectivity index (χ1n) is 10.7. The van der Waals surface area contributed by atoms with Crippen LogP contribution in [0.25, 0.3) is 0 Å². The molecule has 0 aliphatic carbocycles. The summed E-state index contributed by atoms with van der Waals surface area (Å²) in [6, 6.07) is 0. The highest BCUT2D eigenvalue weighted by Crippen LogP contribution is 2.39. The van der Waals surface area contributed by atoms with E-state index in [1.165, 1.54) is 0 Å². The molecule has 0 N–H and O–H groups in total. The molecule has 0 aromatic carbocycles. The van der Waals surface area contributed by atoms with Crippen LogP contribution in [-0.2, 0) is 18.7 Å². The van der Waals surface area contributed by atoms with Gasteiger partial charge in [-0.1, -0.05) is 45.9 Å². The van der Waals surface area contributed by atoms with Crippen LogP contribution in [0.3, 0.4) is 0 Å². The first kappa shape index (κ1) is 27.8. The summed E-state index contributed by atoms with van der Waals surface area (Å²) in [4.78, 5) is 11.9. The van der Waals surface area contributed by atoms with Crippen molar-refractivity contribution in [3.8, 4) is 0 Å². The third kappa shape index (κ3) is 10.4. The number of allylic oxidation sites excluding steroid dienone is 1. The lowest BCUT2D eigenvalue weighted by atomic mass is 9.97. The average molecular weight is 425 g/mol. The van der Waals surface area contributed by atoms with Crippen LogP contribution in [0.1, 0.15) is 60.3 Å². The molecular weight excluding hydrogens is 380 g/mol. The molecule has 4 nitrogen and oxygen atoms in total. The van der Waals surface area contributed by atoms with Crippen molar-refractivity contribution in [3.05, 3.63) is 37.0 Å². The van der Waals surface area contributed by atoms with Crippen LogP contribution < -0.4 is 0 Å². The molecule has 0 saturated heterocycles. The van der Waals surface area contributed by atoms with E-state index in [9.17, 15) is 4.79 Å². The smallest absolute Gasteiger partial charge is 0.306 e. The van der Waals surface area contributed by atoms with Crippen molar-refractivity contribution in [2.24, 2.45) is 5.92 Å². The van der Waals surface area contributed by atoms with Crippen LogP contribution in [0, 0.1) is 5.92 Å². The zero-order chi connectivity index (χ0) is 22.7. The monoisotopic (exact) mass is 424 g/mol. The summed E-state index contributed by atoms with van der Waals surface area (Å²) in [5.41, 5.74) is 1.01. The van der Waals surface area contributed by atoms with E-state index in [0.717, 1.165) is 24.8 Å². The molecule has 168 valence electrons. The standard InChI is InChI=1S/C24H44O4Si/c1-11-13-14-15-16-22(25)27-18-19(3)17-20(4)23(21(12-2)26-8)28-29(9,10)24(5,6)7/h11-12,17,20-21,23H,1-2,13-16,18H2,3-10H3/b19-17-/t20-,21-,23+/m1/s1. The number of methoxy groups -OCH3 is 1. The fraction of sp³-hybridized carbons (Fsp3) is 0.708. The molecule has 0 aliphatic heterocycles. The normalized spacial score (nSPS) is 16.1. The van der Waals surface area contributed by atoms with E-state index in [0.29, 0.717) is 13.0 Å². The third-order valence-electron chi connectivity index (χ3n) is 5.63. The summed E-state index contributed by atoms with van der Waals surface area (Å²) in [6.07, 6.45) is 8.66. The maximum absolute atomic E-state index is 11.9. The molecule has 3 atom stereocenters. The Morgan fingerprint density at radius 3 is 2.28 bits per heavy atom. The van der Waals surface area contributed by atoms with Gasteiger partial charge in [-0.25, -0.2) is 0 Å². The van der Waals surface area contributed by atoms with Crippen LogP contribution in [0.2, 0.25) is 18.1 Å². The molecule has 0 spiro atoms. The fourth-order valence-corrected chi connectivity index (χ4v) is 4.15. The summed E-state index contributed by atoms with van der Waals surface area (Å²) in [5, 5.41) is 0.102. The predicted molar refractivity (Wildman–Crippen MR) is 126 cm³/mol. The van der Waals surface area contributed by atoms with Crippen LogP contribution >= 0.6 is 0 Å². The zero-order valence-corrected chi connectivity index (χ0v) is 21.0. The summed E-state index contributed by atoms with van der Waals surface area (Å²) in [7, 11) is -0.299. The van der Waals surface area contributed by atoms with Gasteiger partial charge in [0.1, 0.15) is 12.7 Å². The number of carbonyl (C=O) groups is 1. The number of rotatable bonds is 14. The number of hydrogen-bond donors (Lipinski definition) is 0. The molecule has 0 aromatic rings. The van der Waals surface area contributed by atoms with E-state index in [4.69, 9.17) is 13.9 Å². The molecule has 0 unspecified atom stereocenters. The van der Waals surface area contributed by atoms with Crippen molar-refractivity contribution < 1.29 is 18.7 Å². The highest BCUT2D eigenvalue weighted by Gasteiger charge is 2.41. The maximum Gasteiger partial charge on any atom is 0.306 e. The Bertz CT molecular complexity index is 546. The molecule has 0 bridgehead atoms. The Kier molecular flexibility index (Phi) is 12.7. The molecule has 0 saturated carbocycles. The van der Waals surface area contributed by atoms with Gasteiger partial charge >= 0.3 is 5.97 Å². The van der Waals surface area contributed by atoms with Crippen molar-refractivity contribution in [2.45, 2.75) is 90.6 Å². The van der Waals surface area contributed by atoms with Gasteiger partial charge in [-0.15, -0.1) is 13.2 Å². The van der Waals surface area contributed by atoms with Gasteiger partial charge in [-0.3, -0.25) is 4.79 Å². The molecule has 0 radical (unpaired) electrons. The molecular formula is C24H44O4Si. The molecule has 0 rings (SSSR count). The van der Waals surface area contributed by atoms with Crippen LogP contribution in [0.15, 0.2) is 37.0 Å². The fourth-order valence-electron chi connectivity index (χ4n) is 2.77. The van der Waals surface area contributed by atoms with Gasteiger partial charge in [-0.2, -0.15) is 0 Å². The molecule has 29 heavy (non-hydrogen) atoms. The first-order valence-corrected chi connectivity index (χ1v) is 13.6. The Balaban J connectivity index is 5.05. The van der Waals surface area contributed by atoms with Crippen LogP contribution in [0.4, 0.5) is 0 Å². The number of unbranched alkanes of at least 4 members (excludes halogenated alkanes) is 2. The Labute approximate surface area is 180 Å². The van der Waals surface area contributed by atoms with E-state index in [-0.39, 0.29) is 29.1 Å². The van der Waals surface area contributed by atoms with E-state index in [2.05, 4.69) is 60.0 Å². The number of carbonyl (C=O) groups excluding carboxylic acids is 1. The van der Waals surface area contributed by atoms with Crippen molar-refractivity contribution >= 4 is 14.3 Å². The molecule has 0 amide bonds. The molecule has 5 heteroatoms. The van der Waals surface area contributed by atoms with Gasteiger partial charge in [-0.05, 0) is 49.9 Å². The van der Waals surface area contributed by atoms with E-state index < -0.39 is 8.32 Å². The average Bonchev–Trinajstić information content (AvgIpc) is 2.62. The largest absolute Gasteiger partial charge is 0.461 e. The second-order valence-corrected chi connectivity index (χ2v) is 14.1. The topological polar surface area (TPSA) is 44.8 Å². The van der Waals surface area contributed by atoms with Gasteiger partial charge < -0.3 is 13.9 Å². The second kappa shape index (κ2) is 13.2. The van der Waals surface area contributed by atoms with E-state index in [1.54, 1.807) is 13.2 Å². The maximum atomic E-state index is 11.9. The Hall–Kier alpha value is -1.17. The van der Waals surface area contributed by atoms with Gasteiger partial charge in [0.2, 0.25) is 0 Å². The molecule has 0 heterocycles. The summed E-state index contributed by atoms with van der Waals surface area (Å²) in [6.45, 7) is 23.2. The van der Waals surface area contributed by atoms with Crippen LogP contribution in [-0.4, -0.2) is 40.2 Å². The lowest BCUT2D eigenvalue weighted by Crippen LogP contribution is -2.49. The minimum absolute atomic E-state index is 0.0957. The number of esters is 1. The highest BCUT2D eigenvalue weighted by molar-refractivity contribution is 6.74. The van der Waals surface area contributed by atoms with Crippen molar-refractivity contribution in [3.63, 3.8) is 0 Å². The van der Waals surface area contributed by atoms with Gasteiger partial charge in [0, 0.05) is 19.4 Å². The van der Waals surface area contributed by atoms with Gasteiger partial charge in [0.15, 0.2) is 8.32 Å². The summed E-state index contributed by atoms with van der Waals surface area (Å²) >= 11 is 0. The van der Waals surface area contributed by atoms with E-state index >= 15 is 0 Å². The zero-order valence-electron chi connectivity index (χ0n) is 20.0. The number of hydrogen-bond acceptors (Lipinski definition) is 4. The van der Waals surface area contributed by atoms with Crippen molar-refractivity contribution in [1.82, 2.24) is 0 Å². The summed E-state index contributed by atoms with van der Waals surface area (Å²) < 4.78 is 17.8. The minimum Gasteiger partial charge on any atom is -0.461 e. The molecule has 0 fully saturated rings. The minimum atomic E-state index is -1.98. The van der Waals surface area contributed by atoms with Gasteiger partial charge in [0.25, 0.3) is 0 Å². The third-order valence-corrected chi connectivity index (χ3v) is 10.1. The SMILES string of the molecule is C=CCCCCC(=O)OC/C(C)=C\[C@@H](C)[C@H](O[Si](C)(C)C(C)(C)C)[C@@H](C=C)OC. The van der Waals surface area contributed by atoms with Gasteiger partial charge in [0.05, 0.1) is 6.10 Å². The highest BCUT2D eigenvalue weighted by atomic mass is 28.4. The van der Waals surface area contributed by atoms with E-state index in [1.807, 2.05) is 13.0 Å². The van der Waals surface area contributed by atoms with Crippen LogP contribution in [0.5, 0.6) is 0 Å². The lowest BCUT2D eigenvalue weighted by Gasteiger charge is -2.42. The Morgan fingerprint density at radius 1 is 1.17 bits per heavy atom. The summed E-state index contributed by atoms with van der Waals surface area (Å²) in [5.74, 6) is -0.0530. The van der Waals surface area contributed by atoms with Crippen molar-refractivity contribution in [2.75, 3.05) is 13.7 Å². The molecule has 0 aromatic heterocycles. The predicted octanol–water partition coefficient (Wildman–Crippen LogP) is 6.45. The lowest BCUT2D eigenvalue weighted by molar-refractivity contribution is -0.142. The second-order valence-electron chi connectivity index (χ2n) is 9.35. The quantitative estimate of drug-likeness (QED) is 0.139. The first-order chi connectivity index (χ1) is 13.4. The van der Waals surface area contributed by atoms with Crippen molar-refractivity contribution in [1.29, 1.82) is 0 Å². The Morgan fingerprint density at radius 2 is 1.79 bits per heavy atom.